The summed E-state index contributed by atoms with van der Waals surface area (Å²) < 4.78 is 7.01. The summed E-state index contributed by atoms with van der Waals surface area (Å²) >= 11 is 0. The van der Waals surface area contributed by atoms with Crippen LogP contribution in [0.3, 0.4) is 0 Å². The first-order valence-corrected chi connectivity index (χ1v) is 20.5. The smallest absolute Gasteiger partial charge is 0.232 e. The van der Waals surface area contributed by atoms with Gasteiger partial charge in [0.15, 0.2) is 0 Å². The minimum atomic E-state index is -0.277. The van der Waals surface area contributed by atoms with Crippen molar-refractivity contribution in [1.82, 2.24) is 25.3 Å². The zero-order valence-electron chi connectivity index (χ0n) is 31.0. The van der Waals surface area contributed by atoms with Crippen LogP contribution in [0, 0.1) is 52.3 Å². The topological polar surface area (TPSA) is 94.2 Å². The zero-order valence-corrected chi connectivity index (χ0v) is 31.0. The largest absolute Gasteiger partial charge is 0.357 e. The number of fused-ring (bicyclic) bond motifs is 7. The standard InChI is InChI=1S/C40H65N5O4/c1-26-9-12-40(41-25-26)27(2)37-33(49-40)22-32-30-8-7-28-21-29(10-11-38(28,3)31(30)23-34(46)39(32,37)4)42-35(47)24-36(48)45-19-17-44(18-20-45)16-15-43-13-5-6-14-43/h26-33,37,41H,5-25H2,1-4H3,(H,42,47)/t26-,27-,28+,29-,30+,31-,32-,33-,37-,38-,39+,40+/m0/s1. The molecule has 0 unspecified atom stereocenters. The number of amides is 2. The van der Waals surface area contributed by atoms with Crippen LogP contribution >= 0.6 is 0 Å². The van der Waals surface area contributed by atoms with Crippen molar-refractivity contribution in [1.29, 1.82) is 0 Å². The number of ketones is 1. The Labute approximate surface area is 295 Å². The molecule has 9 heteroatoms. The van der Waals surface area contributed by atoms with Gasteiger partial charge in [-0.25, -0.2) is 0 Å². The van der Waals surface area contributed by atoms with Crippen LogP contribution in [0.4, 0.5) is 0 Å². The van der Waals surface area contributed by atoms with Gasteiger partial charge in [-0.05, 0) is 112 Å². The molecule has 12 atom stereocenters. The van der Waals surface area contributed by atoms with E-state index in [-0.39, 0.29) is 46.9 Å². The van der Waals surface area contributed by atoms with Gasteiger partial charge in [0.25, 0.3) is 0 Å². The molecule has 8 fully saturated rings. The van der Waals surface area contributed by atoms with Crippen LogP contribution in [0.5, 0.6) is 0 Å². The summed E-state index contributed by atoms with van der Waals surface area (Å²) in [4.78, 5) is 47.6. The third-order valence-electron chi connectivity index (χ3n) is 16.3. The maximum Gasteiger partial charge on any atom is 0.232 e. The monoisotopic (exact) mass is 680 g/mol. The average Bonchev–Trinajstić information content (AvgIpc) is 3.78. The summed E-state index contributed by atoms with van der Waals surface area (Å²) in [6.07, 6.45) is 12.2. The first-order valence-electron chi connectivity index (χ1n) is 20.5. The Hall–Kier alpha value is -1.55. The molecule has 0 aromatic rings. The van der Waals surface area contributed by atoms with Crippen molar-refractivity contribution in [2.45, 2.75) is 123 Å². The molecule has 4 saturated heterocycles. The van der Waals surface area contributed by atoms with Crippen molar-refractivity contribution in [2.24, 2.45) is 52.3 Å². The van der Waals surface area contributed by atoms with Crippen molar-refractivity contribution in [2.75, 3.05) is 58.9 Å². The second kappa shape index (κ2) is 13.1. The molecule has 0 radical (unpaired) electrons. The average molecular weight is 680 g/mol. The number of nitrogens with one attached hydrogen (secondary N) is 2. The van der Waals surface area contributed by atoms with Gasteiger partial charge in [-0.3, -0.25) is 24.6 Å². The molecule has 2 amide bonds. The summed E-state index contributed by atoms with van der Waals surface area (Å²) in [5, 5.41) is 7.11. The van der Waals surface area contributed by atoms with Gasteiger partial charge in [-0.1, -0.05) is 27.7 Å². The second-order valence-electron chi connectivity index (χ2n) is 18.7. The summed E-state index contributed by atoms with van der Waals surface area (Å²) in [5.41, 5.74) is -0.385. The van der Waals surface area contributed by atoms with Gasteiger partial charge in [0.2, 0.25) is 11.8 Å². The lowest BCUT2D eigenvalue weighted by Gasteiger charge is -2.60. The lowest BCUT2D eigenvalue weighted by Crippen LogP contribution is -2.60. The molecule has 4 aliphatic heterocycles. The lowest BCUT2D eigenvalue weighted by atomic mass is 9.44. The first kappa shape index (κ1) is 34.5. The van der Waals surface area contributed by atoms with Crippen molar-refractivity contribution >= 4 is 17.6 Å². The SMILES string of the molecule is C[C@H]1CC[C@@]2(NC1)O[C@H]1C[C@H]3[C@@H]4CC[C@@H]5C[C@@H](NC(=O)CC(=O)N6CCN(CCN7CCCC7)CC6)CC[C@]5(C)[C@H]4CC(=O)[C@]3(C)[C@H]1[C@@H]2C. The Morgan fingerprint density at radius 2 is 1.63 bits per heavy atom. The van der Waals surface area contributed by atoms with E-state index in [2.05, 4.69) is 48.1 Å². The third-order valence-corrected chi connectivity index (χ3v) is 16.3. The van der Waals surface area contributed by atoms with Crippen LogP contribution in [-0.2, 0) is 19.1 Å². The number of ether oxygens (including phenoxy) is 1. The molecular weight excluding hydrogens is 614 g/mol. The molecule has 0 bridgehead atoms. The predicted octanol–water partition coefficient (Wildman–Crippen LogP) is 4.30. The van der Waals surface area contributed by atoms with E-state index in [0.29, 0.717) is 47.2 Å². The normalized spacial score (nSPS) is 47.1. The highest BCUT2D eigenvalue weighted by molar-refractivity contribution is 5.97. The van der Waals surface area contributed by atoms with Gasteiger partial charge in [-0.2, -0.15) is 0 Å². The molecule has 274 valence electrons. The maximum atomic E-state index is 14.5. The number of hydrogen-bond donors (Lipinski definition) is 2. The Morgan fingerprint density at radius 1 is 0.898 bits per heavy atom. The quantitative estimate of drug-likeness (QED) is 0.405. The fraction of sp³-hybridized carbons (Fsp3) is 0.925. The molecule has 4 aliphatic carbocycles. The van der Waals surface area contributed by atoms with Gasteiger partial charge >= 0.3 is 0 Å². The van der Waals surface area contributed by atoms with Crippen LogP contribution in [0.25, 0.3) is 0 Å². The summed E-state index contributed by atoms with van der Waals surface area (Å²) in [6, 6.07) is 0.129. The van der Waals surface area contributed by atoms with Gasteiger partial charge < -0.3 is 19.9 Å². The molecule has 0 aromatic heterocycles. The number of likely N-dealkylation sites (tertiary alicyclic amines) is 1. The van der Waals surface area contributed by atoms with Crippen LogP contribution < -0.4 is 10.6 Å². The second-order valence-corrected chi connectivity index (χ2v) is 18.7. The van der Waals surface area contributed by atoms with E-state index in [9.17, 15) is 14.4 Å². The van der Waals surface area contributed by atoms with Crippen molar-refractivity contribution in [3.8, 4) is 0 Å². The molecule has 0 aromatic carbocycles. The van der Waals surface area contributed by atoms with E-state index >= 15 is 0 Å². The Balaban J connectivity index is 0.838. The van der Waals surface area contributed by atoms with E-state index < -0.39 is 0 Å². The molecular formula is C40H65N5O4. The molecule has 8 rings (SSSR count). The number of hydrogen-bond acceptors (Lipinski definition) is 7. The number of piperidine rings is 1. The molecule has 4 saturated carbocycles. The van der Waals surface area contributed by atoms with Gasteiger partial charge in [0.05, 0.1) is 6.10 Å². The highest BCUT2D eigenvalue weighted by atomic mass is 16.5. The number of rotatable bonds is 6. The summed E-state index contributed by atoms with van der Waals surface area (Å²) in [7, 11) is 0. The van der Waals surface area contributed by atoms with Crippen LogP contribution in [0.2, 0.25) is 0 Å². The maximum absolute atomic E-state index is 14.5. The minimum Gasteiger partial charge on any atom is -0.357 e. The van der Waals surface area contributed by atoms with E-state index in [1.807, 2.05) is 4.90 Å². The molecule has 4 heterocycles. The van der Waals surface area contributed by atoms with E-state index in [0.717, 1.165) is 84.3 Å². The minimum absolute atomic E-state index is 0.0269. The fourth-order valence-electron chi connectivity index (χ4n) is 13.3. The highest BCUT2D eigenvalue weighted by Crippen LogP contribution is 2.70. The highest BCUT2D eigenvalue weighted by Gasteiger charge is 2.71. The van der Waals surface area contributed by atoms with Crippen molar-refractivity contribution in [3.63, 3.8) is 0 Å². The number of carbonyl (C=O) groups excluding carboxylic acids is 3. The fourth-order valence-corrected chi connectivity index (χ4v) is 13.3. The number of nitrogens with zero attached hydrogens (tertiary/aromatic N) is 3. The number of carbonyl (C=O) groups is 3. The van der Waals surface area contributed by atoms with E-state index in [1.54, 1.807) is 0 Å². The molecule has 1 spiro atoms. The van der Waals surface area contributed by atoms with E-state index in [4.69, 9.17) is 4.74 Å². The van der Waals surface area contributed by atoms with Crippen LogP contribution in [0.15, 0.2) is 0 Å². The van der Waals surface area contributed by atoms with Gasteiger partial charge in [-0.15, -0.1) is 0 Å². The predicted molar refractivity (Wildman–Crippen MR) is 189 cm³/mol. The third kappa shape index (κ3) is 5.93. The van der Waals surface area contributed by atoms with Crippen LogP contribution in [-0.4, -0.2) is 109 Å². The molecule has 9 nitrogen and oxygen atoms in total. The Bertz CT molecular complexity index is 1270. The number of Topliss-reactive ketones (excluding diaryl/α,β-unsaturated/α-hetero) is 1. The zero-order chi connectivity index (χ0) is 34.1. The molecule has 2 N–H and O–H groups in total. The van der Waals surface area contributed by atoms with E-state index in [1.165, 1.54) is 45.2 Å². The first-order chi connectivity index (χ1) is 23.5. The Morgan fingerprint density at radius 3 is 2.35 bits per heavy atom. The Kier molecular flexibility index (Phi) is 9.26. The lowest BCUT2D eigenvalue weighted by molar-refractivity contribution is -0.160. The molecule has 8 aliphatic rings. The summed E-state index contributed by atoms with van der Waals surface area (Å²) in [6.45, 7) is 18.4. The van der Waals surface area contributed by atoms with Gasteiger partial charge in [0.1, 0.15) is 17.9 Å². The van der Waals surface area contributed by atoms with Gasteiger partial charge in [0, 0.05) is 75.5 Å². The van der Waals surface area contributed by atoms with Crippen LogP contribution in [0.1, 0.15) is 105 Å². The molecule has 49 heavy (non-hydrogen) atoms. The summed E-state index contributed by atoms with van der Waals surface area (Å²) in [5.74, 6) is 3.68. The number of piperazine rings is 1. The van der Waals surface area contributed by atoms with Crippen molar-refractivity contribution in [3.05, 3.63) is 0 Å². The van der Waals surface area contributed by atoms with Crippen molar-refractivity contribution < 1.29 is 19.1 Å².